The normalized spacial score (nSPS) is 18.0. The van der Waals surface area contributed by atoms with Crippen LogP contribution in [0.15, 0.2) is 90.1 Å². The molecule has 1 atom stereocenters. The molecule has 5 nitrogen and oxygen atoms in total. The lowest BCUT2D eigenvalue weighted by Crippen LogP contribution is -2.44. The van der Waals surface area contributed by atoms with E-state index in [-0.39, 0.29) is 0 Å². The van der Waals surface area contributed by atoms with Crippen molar-refractivity contribution in [3.05, 3.63) is 90.6 Å². The minimum absolute atomic E-state index is 0.400. The zero-order valence-electron chi connectivity index (χ0n) is 16.8. The molecule has 0 radical (unpaired) electrons. The Morgan fingerprint density at radius 1 is 0.900 bits per heavy atom. The summed E-state index contributed by atoms with van der Waals surface area (Å²) >= 11 is 0. The Morgan fingerprint density at radius 3 is 2.37 bits per heavy atom. The van der Waals surface area contributed by atoms with Crippen molar-refractivity contribution in [1.82, 2.24) is 4.90 Å². The summed E-state index contributed by atoms with van der Waals surface area (Å²) in [6.45, 7) is 0.902. The third-order valence-electron chi connectivity index (χ3n) is 5.47. The molecule has 1 unspecified atom stereocenters. The van der Waals surface area contributed by atoms with Crippen LogP contribution in [0.3, 0.4) is 0 Å². The van der Waals surface area contributed by atoms with E-state index in [9.17, 15) is 5.11 Å². The Hall–Kier alpha value is -3.57. The molecule has 3 aromatic carbocycles. The number of rotatable bonds is 4. The molecule has 5 heteroatoms. The Balaban J connectivity index is 1.55. The number of ether oxygens (including phenoxy) is 1. The van der Waals surface area contributed by atoms with Gasteiger partial charge in [-0.25, -0.2) is 4.99 Å². The fraction of sp³-hybridized carbons (Fsp3) is 0.160. The molecule has 0 saturated heterocycles. The lowest BCUT2D eigenvalue weighted by atomic mass is 10.1. The molecule has 0 aromatic heterocycles. The molecule has 0 bridgehead atoms. The molecule has 0 aliphatic carbocycles. The molecule has 0 fully saturated rings. The highest BCUT2D eigenvalue weighted by Gasteiger charge is 2.35. The van der Waals surface area contributed by atoms with E-state index in [1.165, 1.54) is 11.1 Å². The van der Waals surface area contributed by atoms with Crippen molar-refractivity contribution in [2.75, 3.05) is 25.1 Å². The maximum atomic E-state index is 10.2. The lowest BCUT2D eigenvalue weighted by Gasteiger charge is -2.31. The Labute approximate surface area is 176 Å². The van der Waals surface area contributed by atoms with E-state index in [0.717, 1.165) is 28.7 Å². The number of nitrogens with zero attached hydrogens (tertiary/aromatic N) is 3. The predicted octanol–water partition coefficient (Wildman–Crippen LogP) is 4.21. The average molecular weight is 397 g/mol. The Morgan fingerprint density at radius 2 is 1.60 bits per heavy atom. The van der Waals surface area contributed by atoms with Gasteiger partial charge in [0.05, 0.1) is 32.0 Å². The van der Waals surface area contributed by atoms with Crippen LogP contribution in [-0.4, -0.2) is 42.3 Å². The summed E-state index contributed by atoms with van der Waals surface area (Å²) in [5.74, 6) is 1.62. The van der Waals surface area contributed by atoms with Gasteiger partial charge in [-0.1, -0.05) is 54.6 Å². The third kappa shape index (κ3) is 3.23. The van der Waals surface area contributed by atoms with Crippen molar-refractivity contribution in [1.29, 1.82) is 0 Å². The number of aliphatic hydroxyl groups is 1. The summed E-state index contributed by atoms with van der Waals surface area (Å²) in [6.07, 6.45) is 1.58. The highest BCUT2D eigenvalue weighted by molar-refractivity contribution is 6.08. The van der Waals surface area contributed by atoms with Crippen molar-refractivity contribution < 1.29 is 9.84 Å². The highest BCUT2D eigenvalue weighted by Crippen LogP contribution is 2.37. The summed E-state index contributed by atoms with van der Waals surface area (Å²) in [4.78, 5) is 8.82. The molecule has 2 heterocycles. The third-order valence-corrected chi connectivity index (χ3v) is 5.47. The van der Waals surface area contributed by atoms with Crippen LogP contribution in [0.5, 0.6) is 5.75 Å². The Bertz CT molecular complexity index is 1110. The zero-order chi connectivity index (χ0) is 20.5. The average Bonchev–Trinajstić information content (AvgIpc) is 3.18. The topological polar surface area (TPSA) is 48.3 Å². The van der Waals surface area contributed by atoms with E-state index in [0.29, 0.717) is 13.1 Å². The molecule has 3 aromatic rings. The maximum absolute atomic E-state index is 10.2. The van der Waals surface area contributed by atoms with Gasteiger partial charge < -0.3 is 14.7 Å². The first kappa shape index (κ1) is 18.5. The fourth-order valence-corrected chi connectivity index (χ4v) is 3.99. The molecule has 0 amide bonds. The molecule has 2 aliphatic rings. The van der Waals surface area contributed by atoms with Crippen LogP contribution in [0, 0.1) is 0 Å². The van der Waals surface area contributed by atoms with Crippen molar-refractivity contribution in [3.63, 3.8) is 0 Å². The number of anilines is 1. The van der Waals surface area contributed by atoms with Crippen LogP contribution in [0.4, 0.5) is 5.69 Å². The summed E-state index contributed by atoms with van der Waals surface area (Å²) in [6, 6.07) is 26.7. The van der Waals surface area contributed by atoms with Crippen LogP contribution in [0.25, 0.3) is 16.8 Å². The number of para-hydroxylation sites is 1. The molecular formula is C25H23N3O2. The van der Waals surface area contributed by atoms with Gasteiger partial charge in [-0.05, 0) is 35.4 Å². The van der Waals surface area contributed by atoms with Crippen LogP contribution >= 0.6 is 0 Å². The van der Waals surface area contributed by atoms with Crippen LogP contribution in [-0.2, 0) is 0 Å². The van der Waals surface area contributed by atoms with E-state index in [4.69, 9.17) is 4.74 Å². The SMILES string of the molecule is COc1ccccc1C1=CN(c2ccc(-c3ccccc3)cc2)C2=NCC(O)CN12. The standard InChI is InChI=1S/C25H23N3O2/c1-30-24-10-6-5-9-22(24)23-17-27(25-26-15-21(29)16-28(23)25)20-13-11-19(12-14-20)18-7-3-2-4-8-18/h2-14,17,21,29H,15-16H2,1H3. The number of fused-ring (bicyclic) bond motifs is 1. The maximum Gasteiger partial charge on any atom is 0.210 e. The molecular weight excluding hydrogens is 374 g/mol. The van der Waals surface area contributed by atoms with Crippen molar-refractivity contribution >= 4 is 17.3 Å². The first-order chi connectivity index (χ1) is 14.7. The molecule has 2 aliphatic heterocycles. The number of hydrogen-bond acceptors (Lipinski definition) is 5. The van der Waals surface area contributed by atoms with Gasteiger partial charge >= 0.3 is 0 Å². The van der Waals surface area contributed by atoms with Crippen molar-refractivity contribution in [2.24, 2.45) is 4.99 Å². The lowest BCUT2D eigenvalue weighted by molar-refractivity contribution is 0.157. The molecule has 0 spiro atoms. The van der Waals surface area contributed by atoms with Gasteiger partial charge in [0, 0.05) is 17.5 Å². The summed E-state index contributed by atoms with van der Waals surface area (Å²) in [5, 5.41) is 10.2. The second-order valence-corrected chi connectivity index (χ2v) is 7.40. The number of benzene rings is 3. The van der Waals surface area contributed by atoms with E-state index in [1.807, 2.05) is 42.5 Å². The number of hydrogen-bond donors (Lipinski definition) is 1. The van der Waals surface area contributed by atoms with E-state index >= 15 is 0 Å². The first-order valence-corrected chi connectivity index (χ1v) is 10.0. The minimum Gasteiger partial charge on any atom is -0.496 e. The largest absolute Gasteiger partial charge is 0.496 e. The summed E-state index contributed by atoms with van der Waals surface area (Å²) in [7, 11) is 1.68. The summed E-state index contributed by atoms with van der Waals surface area (Å²) < 4.78 is 5.58. The minimum atomic E-state index is -0.493. The molecule has 150 valence electrons. The van der Waals surface area contributed by atoms with Gasteiger partial charge in [0.15, 0.2) is 0 Å². The van der Waals surface area contributed by atoms with Gasteiger partial charge in [-0.2, -0.15) is 0 Å². The Kier molecular flexibility index (Phi) is 4.73. The second kappa shape index (κ2) is 7.69. The molecule has 30 heavy (non-hydrogen) atoms. The molecule has 1 N–H and O–H groups in total. The van der Waals surface area contributed by atoms with Gasteiger partial charge in [-0.15, -0.1) is 0 Å². The van der Waals surface area contributed by atoms with Gasteiger partial charge in [0.1, 0.15) is 5.75 Å². The molecule has 5 rings (SSSR count). The van der Waals surface area contributed by atoms with Crippen LogP contribution in [0.2, 0.25) is 0 Å². The van der Waals surface area contributed by atoms with Crippen LogP contribution < -0.4 is 9.64 Å². The number of aliphatic imine (C=N–C) groups is 1. The first-order valence-electron chi connectivity index (χ1n) is 10.0. The quantitative estimate of drug-likeness (QED) is 0.716. The van der Waals surface area contributed by atoms with Gasteiger partial charge in [0.2, 0.25) is 5.96 Å². The number of aliphatic hydroxyl groups excluding tert-OH is 1. The monoisotopic (exact) mass is 397 g/mol. The van der Waals surface area contributed by atoms with Crippen molar-refractivity contribution in [3.8, 4) is 16.9 Å². The van der Waals surface area contributed by atoms with E-state index < -0.39 is 6.10 Å². The zero-order valence-corrected chi connectivity index (χ0v) is 16.8. The number of methoxy groups -OCH3 is 1. The second-order valence-electron chi connectivity index (χ2n) is 7.40. The van der Waals surface area contributed by atoms with Crippen molar-refractivity contribution in [2.45, 2.75) is 6.10 Å². The van der Waals surface area contributed by atoms with E-state index in [2.05, 4.69) is 57.4 Å². The predicted molar refractivity (Wildman–Crippen MR) is 120 cm³/mol. The van der Waals surface area contributed by atoms with Crippen LogP contribution in [0.1, 0.15) is 5.56 Å². The molecule has 0 saturated carbocycles. The number of guanidine groups is 1. The summed E-state index contributed by atoms with van der Waals surface area (Å²) in [5.41, 5.74) is 5.34. The smallest absolute Gasteiger partial charge is 0.210 e. The fourth-order valence-electron chi connectivity index (χ4n) is 3.99. The highest BCUT2D eigenvalue weighted by atomic mass is 16.5. The van der Waals surface area contributed by atoms with E-state index in [1.54, 1.807) is 7.11 Å². The van der Waals surface area contributed by atoms with Gasteiger partial charge in [0.25, 0.3) is 0 Å². The van der Waals surface area contributed by atoms with Gasteiger partial charge in [-0.3, -0.25) is 4.90 Å².